The molecule has 0 aromatic carbocycles. The Morgan fingerprint density at radius 3 is 2.75 bits per heavy atom. The Hall–Kier alpha value is -1.73. The maximum Gasteiger partial charge on any atom is 0.254 e. The molecule has 0 spiro atoms. The molecule has 0 radical (unpaired) electrons. The third-order valence-corrected chi connectivity index (χ3v) is 7.69. The average molecular weight is 384 g/mol. The van der Waals surface area contributed by atoms with Crippen molar-refractivity contribution in [2.24, 2.45) is 17.8 Å². The van der Waals surface area contributed by atoms with E-state index in [1.165, 1.54) is 0 Å². The van der Waals surface area contributed by atoms with Gasteiger partial charge in [-0.1, -0.05) is 0 Å². The summed E-state index contributed by atoms with van der Waals surface area (Å²) in [6, 6.07) is 0.200. The van der Waals surface area contributed by atoms with Crippen molar-refractivity contribution in [3.63, 3.8) is 0 Å². The van der Waals surface area contributed by atoms with Crippen LogP contribution in [0.25, 0.3) is 0 Å². The summed E-state index contributed by atoms with van der Waals surface area (Å²) in [5, 5.41) is 14.0. The minimum atomic E-state index is -0.457. The Balaban J connectivity index is 1.23. The van der Waals surface area contributed by atoms with Crippen molar-refractivity contribution in [2.45, 2.75) is 56.1 Å². The van der Waals surface area contributed by atoms with E-state index in [0.717, 1.165) is 63.3 Å². The van der Waals surface area contributed by atoms with Crippen molar-refractivity contribution in [3.05, 3.63) is 17.5 Å². The number of amides is 1. The van der Waals surface area contributed by atoms with Gasteiger partial charge in [0.2, 0.25) is 5.95 Å². The van der Waals surface area contributed by atoms with E-state index in [-0.39, 0.29) is 11.9 Å². The SMILES string of the molecule is O=C(N[C@H]1C2CC3CC(O)(C2)CC31)c1cnc(N2CCOCC2)nc1C1CC1. The smallest absolute Gasteiger partial charge is 0.254 e. The molecule has 7 rings (SSSR count). The van der Waals surface area contributed by atoms with Crippen molar-refractivity contribution in [3.8, 4) is 0 Å². The normalized spacial score (nSPS) is 38.8. The number of morpholine rings is 1. The van der Waals surface area contributed by atoms with Crippen molar-refractivity contribution in [1.29, 1.82) is 0 Å². The number of hydrogen-bond acceptors (Lipinski definition) is 6. The Labute approximate surface area is 164 Å². The zero-order chi connectivity index (χ0) is 18.9. The molecule has 6 aliphatic rings. The largest absolute Gasteiger partial charge is 0.390 e. The van der Waals surface area contributed by atoms with Crippen LogP contribution >= 0.6 is 0 Å². The van der Waals surface area contributed by atoms with Gasteiger partial charge >= 0.3 is 0 Å². The molecule has 28 heavy (non-hydrogen) atoms. The minimum Gasteiger partial charge on any atom is -0.390 e. The molecule has 1 saturated heterocycles. The van der Waals surface area contributed by atoms with Gasteiger partial charge in [-0.2, -0.15) is 0 Å². The van der Waals surface area contributed by atoms with Crippen LogP contribution < -0.4 is 10.2 Å². The Morgan fingerprint density at radius 1 is 1.21 bits per heavy atom. The number of aromatic nitrogens is 2. The maximum atomic E-state index is 13.2. The van der Waals surface area contributed by atoms with E-state index in [1.54, 1.807) is 6.20 Å². The molecule has 7 nitrogen and oxygen atoms in total. The summed E-state index contributed by atoms with van der Waals surface area (Å²) < 4.78 is 5.42. The van der Waals surface area contributed by atoms with Gasteiger partial charge in [-0.05, 0) is 56.3 Å². The lowest BCUT2D eigenvalue weighted by Crippen LogP contribution is -2.48. The number of ether oxygens (including phenoxy) is 1. The Morgan fingerprint density at radius 2 is 2.00 bits per heavy atom. The first-order chi connectivity index (χ1) is 13.6. The molecule has 5 aliphatic carbocycles. The van der Waals surface area contributed by atoms with E-state index in [0.29, 0.717) is 42.4 Å². The molecule has 1 aromatic rings. The lowest BCUT2D eigenvalue weighted by Gasteiger charge is -2.38. The first-order valence-corrected chi connectivity index (χ1v) is 10.8. The van der Waals surface area contributed by atoms with Gasteiger partial charge in [-0.3, -0.25) is 4.79 Å². The highest BCUT2D eigenvalue weighted by Crippen LogP contribution is 2.60. The third kappa shape index (κ3) is 2.74. The molecule has 2 heterocycles. The summed E-state index contributed by atoms with van der Waals surface area (Å²) in [4.78, 5) is 24.7. The Bertz CT molecular complexity index is 803. The number of anilines is 1. The topological polar surface area (TPSA) is 87.6 Å². The highest BCUT2D eigenvalue weighted by atomic mass is 16.5. The summed E-state index contributed by atoms with van der Waals surface area (Å²) >= 11 is 0. The van der Waals surface area contributed by atoms with Crippen LogP contribution in [-0.4, -0.2) is 58.9 Å². The predicted octanol–water partition coefficient (Wildman–Crippen LogP) is 1.47. The lowest BCUT2D eigenvalue weighted by molar-refractivity contribution is -0.0192. The van der Waals surface area contributed by atoms with Gasteiger partial charge in [0.25, 0.3) is 5.91 Å². The standard InChI is InChI=1S/C21H28N4O3/c26-19(23-18-14-7-13-8-21(27,9-14)10-15(13)18)16-11-22-20(24-17(16)12-1-2-12)25-3-5-28-6-4-25/h11-15,18,27H,1-10H2,(H,23,26)/t13?,14?,15?,18-,21?/m0/s1. The summed E-state index contributed by atoms with van der Waals surface area (Å²) in [5.74, 6) is 2.53. The quantitative estimate of drug-likeness (QED) is 0.817. The van der Waals surface area contributed by atoms with Gasteiger partial charge in [0.1, 0.15) is 0 Å². The lowest BCUT2D eigenvalue weighted by atomic mass is 9.76. The van der Waals surface area contributed by atoms with Gasteiger partial charge in [0, 0.05) is 31.2 Å². The molecule has 4 bridgehead atoms. The van der Waals surface area contributed by atoms with E-state index in [4.69, 9.17) is 9.72 Å². The minimum absolute atomic E-state index is 0.0246. The van der Waals surface area contributed by atoms with Crippen molar-refractivity contribution in [2.75, 3.05) is 31.2 Å². The summed E-state index contributed by atoms with van der Waals surface area (Å²) in [6.07, 6.45) is 7.70. The molecule has 5 saturated carbocycles. The van der Waals surface area contributed by atoms with E-state index < -0.39 is 5.60 Å². The molecule has 150 valence electrons. The highest BCUT2D eigenvalue weighted by Gasteiger charge is 2.60. The van der Waals surface area contributed by atoms with Crippen LogP contribution in [0.15, 0.2) is 6.20 Å². The predicted molar refractivity (Wildman–Crippen MR) is 102 cm³/mol. The summed E-state index contributed by atoms with van der Waals surface area (Å²) in [7, 11) is 0. The van der Waals surface area contributed by atoms with Crippen LogP contribution in [0.3, 0.4) is 0 Å². The van der Waals surface area contributed by atoms with Crippen LogP contribution in [0.5, 0.6) is 0 Å². The monoisotopic (exact) mass is 384 g/mol. The van der Waals surface area contributed by atoms with Crippen LogP contribution in [-0.2, 0) is 4.74 Å². The number of carbonyl (C=O) groups is 1. The van der Waals surface area contributed by atoms with Gasteiger partial charge in [-0.25, -0.2) is 9.97 Å². The second-order valence-electron chi connectivity index (χ2n) is 9.60. The van der Waals surface area contributed by atoms with E-state index >= 15 is 0 Å². The number of nitrogens with zero attached hydrogens (tertiary/aromatic N) is 3. The zero-order valence-corrected chi connectivity index (χ0v) is 16.1. The fourth-order valence-corrected chi connectivity index (χ4v) is 6.35. The van der Waals surface area contributed by atoms with E-state index in [2.05, 4.69) is 15.2 Å². The summed E-state index contributed by atoms with van der Waals surface area (Å²) in [6.45, 7) is 2.99. The third-order valence-electron chi connectivity index (χ3n) is 7.69. The molecule has 6 fully saturated rings. The molecule has 1 aromatic heterocycles. The van der Waals surface area contributed by atoms with Gasteiger partial charge in [0.05, 0.1) is 30.1 Å². The van der Waals surface area contributed by atoms with E-state index in [9.17, 15) is 9.90 Å². The zero-order valence-electron chi connectivity index (χ0n) is 16.1. The number of rotatable bonds is 4. The molecule has 1 amide bonds. The van der Waals surface area contributed by atoms with Crippen LogP contribution in [0, 0.1) is 17.8 Å². The first-order valence-electron chi connectivity index (χ1n) is 10.8. The second kappa shape index (κ2) is 6.13. The number of carbonyl (C=O) groups excluding carboxylic acids is 1. The number of aliphatic hydroxyl groups is 1. The summed E-state index contributed by atoms with van der Waals surface area (Å²) in [5.41, 5.74) is 1.11. The van der Waals surface area contributed by atoms with Crippen molar-refractivity contribution in [1.82, 2.24) is 15.3 Å². The van der Waals surface area contributed by atoms with Gasteiger partial charge < -0.3 is 20.1 Å². The van der Waals surface area contributed by atoms with Gasteiger partial charge in [-0.15, -0.1) is 0 Å². The fraction of sp³-hybridized carbons (Fsp3) is 0.762. The second-order valence-corrected chi connectivity index (χ2v) is 9.60. The molecule has 2 N–H and O–H groups in total. The Kier molecular flexibility index (Phi) is 3.76. The highest BCUT2D eigenvalue weighted by molar-refractivity contribution is 5.95. The van der Waals surface area contributed by atoms with Crippen LogP contribution in [0.2, 0.25) is 0 Å². The molecule has 1 aliphatic heterocycles. The molecular formula is C21H28N4O3. The molecular weight excluding hydrogens is 356 g/mol. The number of nitrogens with one attached hydrogen (secondary N) is 1. The van der Waals surface area contributed by atoms with Crippen molar-refractivity contribution >= 4 is 11.9 Å². The van der Waals surface area contributed by atoms with Crippen LogP contribution in [0.4, 0.5) is 5.95 Å². The van der Waals surface area contributed by atoms with Crippen molar-refractivity contribution < 1.29 is 14.6 Å². The van der Waals surface area contributed by atoms with Gasteiger partial charge in [0.15, 0.2) is 0 Å². The number of hydrogen-bond donors (Lipinski definition) is 2. The van der Waals surface area contributed by atoms with E-state index in [1.807, 2.05) is 0 Å². The fourth-order valence-electron chi connectivity index (χ4n) is 6.35. The average Bonchev–Trinajstić information content (AvgIpc) is 3.48. The van der Waals surface area contributed by atoms with Crippen LogP contribution in [0.1, 0.15) is 60.5 Å². The maximum absolute atomic E-state index is 13.2. The first kappa shape index (κ1) is 17.2. The molecule has 5 atom stereocenters. The molecule has 7 heteroatoms. The molecule has 4 unspecified atom stereocenters.